The van der Waals surface area contributed by atoms with E-state index < -0.39 is 0 Å². The van der Waals surface area contributed by atoms with E-state index in [0.29, 0.717) is 6.04 Å². The van der Waals surface area contributed by atoms with Crippen LogP contribution in [0.25, 0.3) is 0 Å². The maximum atomic E-state index is 11.8. The SMILES string of the molecule is CC.CCC(C)(C)C(=O)N(C)C(C)C.CNC. The van der Waals surface area contributed by atoms with Gasteiger partial charge in [-0.2, -0.15) is 0 Å². The summed E-state index contributed by atoms with van der Waals surface area (Å²) in [6, 6.07) is 0.295. The van der Waals surface area contributed by atoms with Crippen molar-refractivity contribution in [3.05, 3.63) is 0 Å². The molecule has 0 radical (unpaired) electrons. The minimum Gasteiger partial charge on any atom is -0.343 e. The predicted molar refractivity (Wildman–Crippen MR) is 78.3 cm³/mol. The maximum absolute atomic E-state index is 11.8. The molecule has 0 aromatic carbocycles. The Kier molecular flexibility index (Phi) is 15.2. The molecule has 0 unspecified atom stereocenters. The Labute approximate surface area is 109 Å². The molecule has 1 amide bonds. The van der Waals surface area contributed by atoms with E-state index in [9.17, 15) is 4.79 Å². The number of amides is 1. The third-order valence-electron chi connectivity index (χ3n) is 2.56. The van der Waals surface area contributed by atoms with Crippen LogP contribution in [0.4, 0.5) is 0 Å². The molecule has 0 aromatic heterocycles. The molecule has 0 rings (SSSR count). The molecule has 0 spiro atoms. The first-order chi connectivity index (χ1) is 7.74. The molecule has 106 valence electrons. The molecule has 0 bridgehead atoms. The standard InChI is InChI=1S/C10H21NO.C2H7N.C2H6/c1-7-10(4,5)9(12)11(6)8(2)3;1-3-2;1-2/h8H,7H2,1-6H3;3H,1-2H3;1-2H3. The summed E-state index contributed by atoms with van der Waals surface area (Å²) in [4.78, 5) is 13.6. The molecular weight excluding hydrogens is 212 g/mol. The predicted octanol–water partition coefficient (Wildman–Crippen LogP) is 3.15. The third kappa shape index (κ3) is 10.3. The van der Waals surface area contributed by atoms with Crippen molar-refractivity contribution in [1.29, 1.82) is 0 Å². The Hall–Kier alpha value is -0.570. The quantitative estimate of drug-likeness (QED) is 0.829. The Bertz CT molecular complexity index is 177. The molecule has 0 atom stereocenters. The normalized spacial score (nSPS) is 9.82. The van der Waals surface area contributed by atoms with E-state index in [0.717, 1.165) is 6.42 Å². The van der Waals surface area contributed by atoms with Crippen LogP contribution < -0.4 is 5.32 Å². The van der Waals surface area contributed by atoms with E-state index >= 15 is 0 Å². The molecule has 0 saturated carbocycles. The lowest BCUT2D eigenvalue weighted by Gasteiger charge is -2.30. The monoisotopic (exact) mass is 246 g/mol. The van der Waals surface area contributed by atoms with Gasteiger partial charge in [0.15, 0.2) is 0 Å². The number of nitrogens with one attached hydrogen (secondary N) is 1. The number of hydrogen-bond acceptors (Lipinski definition) is 2. The molecule has 0 aliphatic carbocycles. The van der Waals surface area contributed by atoms with Gasteiger partial charge in [0, 0.05) is 18.5 Å². The van der Waals surface area contributed by atoms with E-state index in [4.69, 9.17) is 0 Å². The Balaban J connectivity index is -0.000000337. The minimum absolute atomic E-state index is 0.209. The molecule has 3 nitrogen and oxygen atoms in total. The van der Waals surface area contributed by atoms with Gasteiger partial charge in [0.05, 0.1) is 0 Å². The van der Waals surface area contributed by atoms with Crippen molar-refractivity contribution in [3.8, 4) is 0 Å². The van der Waals surface area contributed by atoms with Gasteiger partial charge in [-0.3, -0.25) is 4.79 Å². The van der Waals surface area contributed by atoms with E-state index in [2.05, 4.69) is 5.32 Å². The fourth-order valence-corrected chi connectivity index (χ4v) is 0.863. The first-order valence-corrected chi connectivity index (χ1v) is 6.60. The summed E-state index contributed by atoms with van der Waals surface area (Å²) >= 11 is 0. The van der Waals surface area contributed by atoms with Gasteiger partial charge in [0.2, 0.25) is 5.91 Å². The maximum Gasteiger partial charge on any atom is 0.228 e. The molecule has 0 heterocycles. The molecule has 1 N–H and O–H groups in total. The summed E-state index contributed by atoms with van der Waals surface area (Å²) in [5.74, 6) is 0.236. The van der Waals surface area contributed by atoms with Crippen molar-refractivity contribution in [2.45, 2.75) is 60.9 Å². The van der Waals surface area contributed by atoms with Crippen LogP contribution in [0.5, 0.6) is 0 Å². The van der Waals surface area contributed by atoms with Gasteiger partial charge in [-0.15, -0.1) is 0 Å². The smallest absolute Gasteiger partial charge is 0.228 e. The van der Waals surface area contributed by atoms with Crippen molar-refractivity contribution in [1.82, 2.24) is 10.2 Å². The lowest BCUT2D eigenvalue weighted by atomic mass is 9.88. The second-order valence-electron chi connectivity index (χ2n) is 4.75. The van der Waals surface area contributed by atoms with Crippen LogP contribution in [-0.4, -0.2) is 38.0 Å². The zero-order valence-corrected chi connectivity index (χ0v) is 13.6. The van der Waals surface area contributed by atoms with E-state index in [1.807, 2.05) is 74.5 Å². The summed E-state index contributed by atoms with van der Waals surface area (Å²) < 4.78 is 0. The molecule has 0 saturated heterocycles. The first kappa shape index (κ1) is 21.7. The van der Waals surface area contributed by atoms with Crippen molar-refractivity contribution >= 4 is 5.91 Å². The third-order valence-corrected chi connectivity index (χ3v) is 2.56. The summed E-state index contributed by atoms with van der Waals surface area (Å²) in [6.07, 6.45) is 0.892. The highest BCUT2D eigenvalue weighted by Crippen LogP contribution is 2.22. The highest BCUT2D eigenvalue weighted by molar-refractivity contribution is 5.81. The van der Waals surface area contributed by atoms with Crippen LogP contribution in [0.15, 0.2) is 0 Å². The summed E-state index contributed by atoms with van der Waals surface area (Å²) in [5.41, 5.74) is -0.209. The molecule has 3 heteroatoms. The molecule has 0 aromatic rings. The fourth-order valence-electron chi connectivity index (χ4n) is 0.863. The summed E-state index contributed by atoms with van der Waals surface area (Å²) in [7, 11) is 5.62. The van der Waals surface area contributed by atoms with Gasteiger partial charge >= 0.3 is 0 Å². The van der Waals surface area contributed by atoms with Crippen molar-refractivity contribution in [3.63, 3.8) is 0 Å². The molecule has 0 fully saturated rings. The van der Waals surface area contributed by atoms with Crippen LogP contribution in [0.2, 0.25) is 0 Å². The minimum atomic E-state index is -0.209. The molecule has 0 aliphatic rings. The fraction of sp³-hybridized carbons (Fsp3) is 0.929. The highest BCUT2D eigenvalue weighted by atomic mass is 16.2. The van der Waals surface area contributed by atoms with Gasteiger partial charge in [-0.05, 0) is 34.4 Å². The molecular formula is C14H34N2O. The lowest BCUT2D eigenvalue weighted by molar-refractivity contribution is -0.140. The summed E-state index contributed by atoms with van der Waals surface area (Å²) in [5, 5.41) is 2.75. The zero-order valence-electron chi connectivity index (χ0n) is 13.6. The Morgan fingerprint density at radius 2 is 1.53 bits per heavy atom. The summed E-state index contributed by atoms with van der Waals surface area (Å²) in [6.45, 7) is 14.1. The van der Waals surface area contributed by atoms with Gasteiger partial charge in [-0.25, -0.2) is 0 Å². The number of rotatable bonds is 3. The van der Waals surface area contributed by atoms with Crippen molar-refractivity contribution in [2.24, 2.45) is 5.41 Å². The topological polar surface area (TPSA) is 32.3 Å². The van der Waals surface area contributed by atoms with Gasteiger partial charge in [0.1, 0.15) is 0 Å². The zero-order chi connectivity index (χ0) is 14.6. The van der Waals surface area contributed by atoms with E-state index in [1.165, 1.54) is 0 Å². The van der Waals surface area contributed by atoms with Gasteiger partial charge in [0.25, 0.3) is 0 Å². The van der Waals surface area contributed by atoms with E-state index in [1.54, 1.807) is 0 Å². The molecule has 0 aliphatic heterocycles. The van der Waals surface area contributed by atoms with Crippen LogP contribution in [0.3, 0.4) is 0 Å². The number of hydrogen-bond donors (Lipinski definition) is 1. The van der Waals surface area contributed by atoms with Gasteiger partial charge in [-0.1, -0.05) is 34.6 Å². The average molecular weight is 246 g/mol. The number of carbonyl (C=O) groups excluding carboxylic acids is 1. The lowest BCUT2D eigenvalue weighted by Crippen LogP contribution is -2.41. The highest BCUT2D eigenvalue weighted by Gasteiger charge is 2.29. The second kappa shape index (κ2) is 11.9. The van der Waals surface area contributed by atoms with Crippen LogP contribution in [0.1, 0.15) is 54.9 Å². The average Bonchev–Trinajstić information content (AvgIpc) is 2.30. The van der Waals surface area contributed by atoms with Crippen LogP contribution in [-0.2, 0) is 4.79 Å². The van der Waals surface area contributed by atoms with Crippen molar-refractivity contribution < 1.29 is 4.79 Å². The largest absolute Gasteiger partial charge is 0.343 e. The van der Waals surface area contributed by atoms with Crippen LogP contribution >= 0.6 is 0 Å². The Morgan fingerprint density at radius 1 is 1.24 bits per heavy atom. The van der Waals surface area contributed by atoms with Gasteiger partial charge < -0.3 is 10.2 Å². The number of nitrogens with zero attached hydrogens (tertiary/aromatic N) is 1. The molecule has 17 heavy (non-hydrogen) atoms. The van der Waals surface area contributed by atoms with E-state index in [-0.39, 0.29) is 11.3 Å². The van der Waals surface area contributed by atoms with Crippen molar-refractivity contribution in [2.75, 3.05) is 21.1 Å². The van der Waals surface area contributed by atoms with Crippen LogP contribution in [0, 0.1) is 5.41 Å². The number of carbonyl (C=O) groups is 1. The Morgan fingerprint density at radius 3 is 1.71 bits per heavy atom. The first-order valence-electron chi connectivity index (χ1n) is 6.60. The second-order valence-corrected chi connectivity index (χ2v) is 4.75.